The number of piperidine rings is 1. The van der Waals surface area contributed by atoms with Crippen molar-refractivity contribution in [2.75, 3.05) is 18.4 Å². The molecule has 0 bridgehead atoms. The molecule has 1 aromatic carbocycles. The first-order valence-corrected chi connectivity index (χ1v) is 11.1. The van der Waals surface area contributed by atoms with Gasteiger partial charge in [-0.3, -0.25) is 13.8 Å². The van der Waals surface area contributed by atoms with Crippen LogP contribution in [0.1, 0.15) is 24.5 Å². The molecule has 0 radical (unpaired) electrons. The summed E-state index contributed by atoms with van der Waals surface area (Å²) < 4.78 is 3.42. The summed E-state index contributed by atoms with van der Waals surface area (Å²) >= 11 is 1.66. The maximum absolute atomic E-state index is 12.9. The second kappa shape index (κ2) is 8.35. The van der Waals surface area contributed by atoms with Crippen molar-refractivity contribution < 1.29 is 4.79 Å². The number of rotatable bonds is 5. The van der Waals surface area contributed by atoms with E-state index < -0.39 is 5.69 Å². The molecule has 1 saturated heterocycles. The lowest BCUT2D eigenvalue weighted by Crippen LogP contribution is -2.42. The van der Waals surface area contributed by atoms with Crippen molar-refractivity contribution in [2.24, 2.45) is 0 Å². The Morgan fingerprint density at radius 1 is 1.19 bits per heavy atom. The van der Waals surface area contributed by atoms with Gasteiger partial charge in [-0.15, -0.1) is 11.3 Å². The van der Waals surface area contributed by atoms with Crippen LogP contribution in [0.4, 0.5) is 11.6 Å². The molecule has 0 saturated carbocycles. The zero-order valence-corrected chi connectivity index (χ0v) is 17.7. The zero-order chi connectivity index (χ0) is 21.2. The standard InChI is InChI=1S/C22H22N6O2S/c29-18(15-27-11-5-9-23-22(27)30)26-10-4-6-16(14-26)19-20-28(12-13-31-20)21(25-19)24-17-7-2-1-3-8-17/h1-3,5,7-9,11-13,16H,4,6,10,14-15H2,(H,24,25). The summed E-state index contributed by atoms with van der Waals surface area (Å²) in [5.74, 6) is 0.871. The van der Waals surface area contributed by atoms with Gasteiger partial charge in [0.2, 0.25) is 11.9 Å². The van der Waals surface area contributed by atoms with Gasteiger partial charge in [0.1, 0.15) is 11.4 Å². The smallest absolute Gasteiger partial charge is 0.340 e. The minimum Gasteiger partial charge on any atom is -0.340 e. The predicted molar refractivity (Wildman–Crippen MR) is 120 cm³/mol. The molecule has 1 aliphatic heterocycles. The SMILES string of the molecule is O=C(Cn1cccnc1=O)N1CCCC(c2nc(Nc3ccccc3)n3ccsc23)C1. The molecule has 1 unspecified atom stereocenters. The molecular formula is C22H22N6O2S. The van der Waals surface area contributed by atoms with Crippen molar-refractivity contribution in [1.82, 2.24) is 23.8 Å². The number of likely N-dealkylation sites (tertiary alicyclic amines) is 1. The first-order chi connectivity index (χ1) is 15.2. The van der Waals surface area contributed by atoms with E-state index in [9.17, 15) is 9.59 Å². The van der Waals surface area contributed by atoms with Gasteiger partial charge in [-0.25, -0.2) is 14.8 Å². The summed E-state index contributed by atoms with van der Waals surface area (Å²) in [5.41, 5.74) is 1.59. The van der Waals surface area contributed by atoms with Gasteiger partial charge in [0.25, 0.3) is 0 Å². The highest BCUT2D eigenvalue weighted by Gasteiger charge is 2.29. The minimum atomic E-state index is -0.407. The number of hydrogen-bond acceptors (Lipinski definition) is 6. The van der Waals surface area contributed by atoms with E-state index in [2.05, 4.69) is 20.1 Å². The summed E-state index contributed by atoms with van der Waals surface area (Å²) in [6.07, 6.45) is 6.94. The van der Waals surface area contributed by atoms with Gasteiger partial charge in [0.15, 0.2) is 0 Å². The fourth-order valence-corrected chi connectivity index (χ4v) is 4.94. The van der Waals surface area contributed by atoms with E-state index in [1.807, 2.05) is 41.4 Å². The van der Waals surface area contributed by atoms with Crippen LogP contribution in [-0.2, 0) is 11.3 Å². The monoisotopic (exact) mass is 434 g/mol. The van der Waals surface area contributed by atoms with Gasteiger partial charge in [-0.05, 0) is 31.0 Å². The van der Waals surface area contributed by atoms with E-state index in [1.54, 1.807) is 23.6 Å². The van der Waals surface area contributed by atoms with E-state index in [0.717, 1.165) is 35.0 Å². The molecule has 3 aromatic heterocycles. The Balaban J connectivity index is 1.36. The van der Waals surface area contributed by atoms with Crippen LogP contribution < -0.4 is 11.0 Å². The largest absolute Gasteiger partial charge is 0.347 e. The Labute approximate surface area is 182 Å². The van der Waals surface area contributed by atoms with Crippen LogP contribution in [0.15, 0.2) is 65.2 Å². The van der Waals surface area contributed by atoms with Crippen LogP contribution >= 0.6 is 11.3 Å². The van der Waals surface area contributed by atoms with Crippen LogP contribution in [0.3, 0.4) is 0 Å². The molecule has 1 aliphatic rings. The highest BCUT2D eigenvalue weighted by Crippen LogP contribution is 2.34. The zero-order valence-electron chi connectivity index (χ0n) is 16.8. The number of imidazole rings is 1. The molecular weight excluding hydrogens is 412 g/mol. The second-order valence-corrected chi connectivity index (χ2v) is 8.49. The maximum Gasteiger partial charge on any atom is 0.347 e. The molecule has 1 N–H and O–H groups in total. The molecule has 31 heavy (non-hydrogen) atoms. The number of anilines is 2. The lowest BCUT2D eigenvalue weighted by molar-refractivity contribution is -0.133. The number of aromatic nitrogens is 4. The number of para-hydroxylation sites is 1. The second-order valence-electron chi connectivity index (χ2n) is 7.60. The number of fused-ring (bicyclic) bond motifs is 1. The molecule has 0 spiro atoms. The van der Waals surface area contributed by atoms with Crippen LogP contribution in [0, 0.1) is 0 Å². The Hall–Kier alpha value is -3.46. The van der Waals surface area contributed by atoms with Crippen molar-refractivity contribution >= 4 is 33.7 Å². The summed E-state index contributed by atoms with van der Waals surface area (Å²) in [6, 6.07) is 11.6. The number of benzene rings is 1. The number of thiazole rings is 1. The van der Waals surface area contributed by atoms with Crippen molar-refractivity contribution in [3.05, 3.63) is 76.5 Å². The number of nitrogens with zero attached hydrogens (tertiary/aromatic N) is 5. The number of amides is 1. The van der Waals surface area contributed by atoms with Gasteiger partial charge in [0, 0.05) is 48.7 Å². The predicted octanol–water partition coefficient (Wildman–Crippen LogP) is 3.10. The molecule has 1 atom stereocenters. The fraction of sp³-hybridized carbons (Fsp3) is 0.273. The lowest BCUT2D eigenvalue weighted by Gasteiger charge is -2.32. The number of carbonyl (C=O) groups is 1. The van der Waals surface area contributed by atoms with Gasteiger partial charge in [-0.1, -0.05) is 18.2 Å². The number of nitrogens with one attached hydrogen (secondary N) is 1. The molecule has 158 valence electrons. The first kappa shape index (κ1) is 19.5. The molecule has 1 amide bonds. The molecule has 4 aromatic rings. The van der Waals surface area contributed by atoms with Crippen LogP contribution in [0.2, 0.25) is 0 Å². The van der Waals surface area contributed by atoms with Crippen LogP contribution in [0.5, 0.6) is 0 Å². The normalized spacial score (nSPS) is 16.5. The van der Waals surface area contributed by atoms with Gasteiger partial charge in [-0.2, -0.15) is 0 Å². The van der Waals surface area contributed by atoms with Gasteiger partial charge >= 0.3 is 5.69 Å². The van der Waals surface area contributed by atoms with Crippen molar-refractivity contribution in [1.29, 1.82) is 0 Å². The highest BCUT2D eigenvalue weighted by molar-refractivity contribution is 7.15. The lowest BCUT2D eigenvalue weighted by atomic mass is 9.95. The van der Waals surface area contributed by atoms with Crippen molar-refractivity contribution in [3.63, 3.8) is 0 Å². The third-order valence-corrected chi connectivity index (χ3v) is 6.45. The average molecular weight is 435 g/mol. The summed E-state index contributed by atoms with van der Waals surface area (Å²) in [7, 11) is 0. The van der Waals surface area contributed by atoms with Gasteiger partial charge in [0.05, 0.1) is 5.69 Å². The van der Waals surface area contributed by atoms with E-state index in [-0.39, 0.29) is 18.4 Å². The molecule has 4 heterocycles. The third kappa shape index (κ3) is 3.96. The minimum absolute atomic E-state index is 0.0117. The summed E-state index contributed by atoms with van der Waals surface area (Å²) in [5, 5.41) is 5.45. The van der Waals surface area contributed by atoms with Crippen molar-refractivity contribution in [3.8, 4) is 0 Å². The average Bonchev–Trinajstić information content (AvgIpc) is 3.40. The van der Waals surface area contributed by atoms with Crippen molar-refractivity contribution in [2.45, 2.75) is 25.3 Å². The Morgan fingerprint density at radius 2 is 2.06 bits per heavy atom. The number of hydrogen-bond donors (Lipinski definition) is 1. The Bertz CT molecular complexity index is 1260. The third-order valence-electron chi connectivity index (χ3n) is 5.56. The highest BCUT2D eigenvalue weighted by atomic mass is 32.1. The summed E-state index contributed by atoms with van der Waals surface area (Å²) in [6.45, 7) is 1.31. The van der Waals surface area contributed by atoms with E-state index in [0.29, 0.717) is 13.1 Å². The first-order valence-electron chi connectivity index (χ1n) is 10.3. The summed E-state index contributed by atoms with van der Waals surface area (Å²) in [4.78, 5) is 36.3. The molecule has 5 rings (SSSR count). The van der Waals surface area contributed by atoms with E-state index >= 15 is 0 Å². The van der Waals surface area contributed by atoms with E-state index in [4.69, 9.17) is 4.98 Å². The van der Waals surface area contributed by atoms with Gasteiger partial charge < -0.3 is 10.2 Å². The Morgan fingerprint density at radius 3 is 2.90 bits per heavy atom. The topological polar surface area (TPSA) is 84.5 Å². The molecule has 9 heteroatoms. The maximum atomic E-state index is 12.9. The Kier molecular flexibility index (Phi) is 5.25. The van der Waals surface area contributed by atoms with Crippen LogP contribution in [0.25, 0.3) is 4.83 Å². The van der Waals surface area contributed by atoms with E-state index in [1.165, 1.54) is 10.8 Å². The fourth-order valence-electron chi connectivity index (χ4n) is 4.03. The molecule has 8 nitrogen and oxygen atoms in total. The number of carbonyl (C=O) groups excluding carboxylic acids is 1. The molecule has 1 fully saturated rings. The quantitative estimate of drug-likeness (QED) is 0.522. The molecule has 0 aliphatic carbocycles. The van der Waals surface area contributed by atoms with Crippen LogP contribution in [-0.4, -0.2) is 42.8 Å².